The van der Waals surface area contributed by atoms with Crippen LogP contribution >= 0.6 is 0 Å². The first-order chi connectivity index (χ1) is 12.7. The molecule has 4 nitrogen and oxygen atoms in total. The lowest BCUT2D eigenvalue weighted by molar-refractivity contribution is -0.133. The second kappa shape index (κ2) is 8.75. The van der Waals surface area contributed by atoms with Gasteiger partial charge in [-0.25, -0.2) is 0 Å². The molecule has 1 atom stereocenters. The monoisotopic (exact) mass is 352 g/mol. The lowest BCUT2D eigenvalue weighted by Crippen LogP contribution is -2.50. The molecule has 0 aromatic heterocycles. The fraction of sp³-hybridized carbons (Fsp3) is 0.409. The molecule has 26 heavy (non-hydrogen) atoms. The summed E-state index contributed by atoms with van der Waals surface area (Å²) in [5.41, 5.74) is 2.29. The highest BCUT2D eigenvalue weighted by molar-refractivity contribution is 5.84. The number of nitrogens with zero attached hydrogens (tertiary/aromatic N) is 2. The van der Waals surface area contributed by atoms with Gasteiger partial charge in [0.2, 0.25) is 5.91 Å². The van der Waals surface area contributed by atoms with Crippen molar-refractivity contribution < 1.29 is 9.53 Å². The third-order valence-electron chi connectivity index (χ3n) is 5.09. The van der Waals surface area contributed by atoms with Gasteiger partial charge < -0.3 is 14.5 Å². The van der Waals surface area contributed by atoms with Crippen LogP contribution in [-0.2, 0) is 4.79 Å². The summed E-state index contributed by atoms with van der Waals surface area (Å²) >= 11 is 0. The zero-order valence-corrected chi connectivity index (χ0v) is 15.7. The third-order valence-corrected chi connectivity index (χ3v) is 5.09. The van der Waals surface area contributed by atoms with Gasteiger partial charge in [0.25, 0.3) is 0 Å². The molecule has 1 heterocycles. The van der Waals surface area contributed by atoms with Crippen molar-refractivity contribution in [2.45, 2.75) is 25.7 Å². The number of carbonyl (C=O) groups excluding carboxylic acids is 1. The molecule has 4 heteroatoms. The van der Waals surface area contributed by atoms with Crippen molar-refractivity contribution in [1.29, 1.82) is 0 Å². The summed E-state index contributed by atoms with van der Waals surface area (Å²) in [6.07, 6.45) is 1.91. The van der Waals surface area contributed by atoms with Crippen LogP contribution in [0.2, 0.25) is 0 Å². The third kappa shape index (κ3) is 4.18. The van der Waals surface area contributed by atoms with Gasteiger partial charge in [0.05, 0.1) is 13.0 Å². The number of amides is 1. The molecule has 0 spiro atoms. The molecule has 138 valence electrons. The summed E-state index contributed by atoms with van der Waals surface area (Å²) in [5.74, 6) is 1.11. The van der Waals surface area contributed by atoms with Crippen molar-refractivity contribution >= 4 is 11.6 Å². The van der Waals surface area contributed by atoms with Gasteiger partial charge in [-0.2, -0.15) is 0 Å². The van der Waals surface area contributed by atoms with Gasteiger partial charge in [-0.3, -0.25) is 4.79 Å². The highest BCUT2D eigenvalue weighted by Crippen LogP contribution is 2.26. The van der Waals surface area contributed by atoms with Crippen molar-refractivity contribution in [3.8, 4) is 5.75 Å². The van der Waals surface area contributed by atoms with Crippen molar-refractivity contribution in [2.24, 2.45) is 0 Å². The standard InChI is InChI=1S/C22H28N2O2/c1-3-8-21(18-9-5-4-6-10-18)22(25)24-15-13-23(14-16-24)19-11-7-12-20(17-19)26-2/h4-7,9-12,17,21H,3,8,13-16H2,1-2H3. The van der Waals surface area contributed by atoms with Gasteiger partial charge in [0.1, 0.15) is 5.75 Å². The number of ether oxygens (including phenoxy) is 1. The predicted octanol–water partition coefficient (Wildman–Crippen LogP) is 3.93. The van der Waals surface area contributed by atoms with Crippen LogP contribution in [-0.4, -0.2) is 44.1 Å². The molecule has 0 bridgehead atoms. The summed E-state index contributed by atoms with van der Waals surface area (Å²) < 4.78 is 5.32. The number of anilines is 1. The first kappa shape index (κ1) is 18.3. The van der Waals surface area contributed by atoms with E-state index < -0.39 is 0 Å². The van der Waals surface area contributed by atoms with Crippen LogP contribution in [0.1, 0.15) is 31.2 Å². The van der Waals surface area contributed by atoms with E-state index in [4.69, 9.17) is 4.74 Å². The fourth-order valence-corrected chi connectivity index (χ4v) is 3.62. The lowest BCUT2D eigenvalue weighted by Gasteiger charge is -2.37. The van der Waals surface area contributed by atoms with E-state index in [1.165, 1.54) is 0 Å². The Morgan fingerprint density at radius 3 is 2.42 bits per heavy atom. The van der Waals surface area contributed by atoms with Crippen molar-refractivity contribution in [3.05, 3.63) is 60.2 Å². The molecule has 1 unspecified atom stereocenters. The van der Waals surface area contributed by atoms with Crippen LogP contribution in [0.4, 0.5) is 5.69 Å². The maximum atomic E-state index is 13.1. The first-order valence-corrected chi connectivity index (χ1v) is 9.45. The average Bonchev–Trinajstić information content (AvgIpc) is 2.72. The number of benzene rings is 2. The molecule has 1 fully saturated rings. The second-order valence-corrected chi connectivity index (χ2v) is 6.77. The highest BCUT2D eigenvalue weighted by atomic mass is 16.5. The van der Waals surface area contributed by atoms with Crippen LogP contribution < -0.4 is 9.64 Å². The quantitative estimate of drug-likeness (QED) is 0.790. The largest absolute Gasteiger partial charge is 0.497 e. The van der Waals surface area contributed by atoms with Crippen LogP contribution in [0.3, 0.4) is 0 Å². The topological polar surface area (TPSA) is 32.8 Å². The van der Waals surface area contributed by atoms with E-state index in [1.54, 1.807) is 7.11 Å². The fourth-order valence-electron chi connectivity index (χ4n) is 3.62. The number of methoxy groups -OCH3 is 1. The Morgan fingerprint density at radius 1 is 1.04 bits per heavy atom. The zero-order valence-electron chi connectivity index (χ0n) is 15.7. The molecule has 3 rings (SSSR count). The smallest absolute Gasteiger partial charge is 0.230 e. The average molecular weight is 352 g/mol. The SMILES string of the molecule is CCCC(C(=O)N1CCN(c2cccc(OC)c2)CC1)c1ccccc1. The highest BCUT2D eigenvalue weighted by Gasteiger charge is 2.28. The van der Waals surface area contributed by atoms with Crippen molar-refractivity contribution in [1.82, 2.24) is 4.90 Å². The Labute approximate surface area is 156 Å². The van der Waals surface area contributed by atoms with Gasteiger partial charge >= 0.3 is 0 Å². The summed E-state index contributed by atoms with van der Waals surface area (Å²) in [6.45, 7) is 5.38. The predicted molar refractivity (Wildman–Crippen MR) is 106 cm³/mol. The van der Waals surface area contributed by atoms with Crippen molar-refractivity contribution in [3.63, 3.8) is 0 Å². The summed E-state index contributed by atoms with van der Waals surface area (Å²) in [4.78, 5) is 17.5. The van der Waals surface area contributed by atoms with Crippen LogP contribution in [0.5, 0.6) is 5.75 Å². The minimum atomic E-state index is -0.0235. The van der Waals surface area contributed by atoms with E-state index in [0.717, 1.165) is 56.0 Å². The zero-order chi connectivity index (χ0) is 18.4. The summed E-state index contributed by atoms with van der Waals surface area (Å²) in [7, 11) is 1.69. The number of rotatable bonds is 6. The molecular formula is C22H28N2O2. The Kier molecular flexibility index (Phi) is 6.16. The molecule has 0 radical (unpaired) electrons. The minimum absolute atomic E-state index is 0.0235. The minimum Gasteiger partial charge on any atom is -0.497 e. The first-order valence-electron chi connectivity index (χ1n) is 9.45. The summed E-state index contributed by atoms with van der Waals surface area (Å²) in [6, 6.07) is 18.3. The molecule has 0 N–H and O–H groups in total. The molecule has 1 amide bonds. The molecule has 1 aliphatic rings. The second-order valence-electron chi connectivity index (χ2n) is 6.77. The number of hydrogen-bond acceptors (Lipinski definition) is 3. The van der Waals surface area contributed by atoms with Crippen LogP contribution in [0.15, 0.2) is 54.6 Å². The Balaban J connectivity index is 1.65. The van der Waals surface area contributed by atoms with Crippen LogP contribution in [0.25, 0.3) is 0 Å². The Bertz CT molecular complexity index is 709. The number of piperazine rings is 1. The van der Waals surface area contributed by atoms with Gasteiger partial charge in [0, 0.05) is 37.9 Å². The van der Waals surface area contributed by atoms with Gasteiger partial charge in [-0.05, 0) is 24.1 Å². The van der Waals surface area contributed by atoms with Crippen LogP contribution in [0, 0.1) is 0 Å². The van der Waals surface area contributed by atoms with Gasteiger partial charge in [-0.1, -0.05) is 49.7 Å². The van der Waals surface area contributed by atoms with E-state index in [-0.39, 0.29) is 11.8 Å². The molecular weight excluding hydrogens is 324 g/mol. The lowest BCUT2D eigenvalue weighted by atomic mass is 9.93. The van der Waals surface area contributed by atoms with E-state index in [9.17, 15) is 4.79 Å². The Hall–Kier alpha value is -2.49. The molecule has 0 saturated carbocycles. The molecule has 0 aliphatic carbocycles. The molecule has 1 aliphatic heterocycles. The van der Waals surface area contributed by atoms with E-state index in [0.29, 0.717) is 0 Å². The molecule has 2 aromatic carbocycles. The Morgan fingerprint density at radius 2 is 1.77 bits per heavy atom. The van der Waals surface area contributed by atoms with E-state index >= 15 is 0 Å². The number of hydrogen-bond donors (Lipinski definition) is 0. The van der Waals surface area contributed by atoms with Crippen molar-refractivity contribution in [2.75, 3.05) is 38.2 Å². The number of carbonyl (C=O) groups is 1. The van der Waals surface area contributed by atoms with E-state index in [1.807, 2.05) is 35.2 Å². The maximum absolute atomic E-state index is 13.1. The summed E-state index contributed by atoms with van der Waals surface area (Å²) in [5, 5.41) is 0. The van der Waals surface area contributed by atoms with E-state index in [2.05, 4.69) is 36.1 Å². The molecule has 1 saturated heterocycles. The van der Waals surface area contributed by atoms with Gasteiger partial charge in [0.15, 0.2) is 0 Å². The maximum Gasteiger partial charge on any atom is 0.230 e. The molecule has 2 aromatic rings. The normalized spacial score (nSPS) is 15.6. The van der Waals surface area contributed by atoms with Gasteiger partial charge in [-0.15, -0.1) is 0 Å².